The van der Waals surface area contributed by atoms with Gasteiger partial charge in [0.25, 0.3) is 0 Å². The monoisotopic (exact) mass is 357 g/mol. The summed E-state index contributed by atoms with van der Waals surface area (Å²) < 4.78 is 27.2. The fourth-order valence-corrected chi connectivity index (χ4v) is 5.97. The number of sulfonamides is 1. The molecule has 0 aromatic heterocycles. The Morgan fingerprint density at radius 2 is 1.73 bits per heavy atom. The second kappa shape index (κ2) is 9.51. The number of hydrogen-bond acceptors (Lipinski definition) is 4. The van der Waals surface area contributed by atoms with Crippen LogP contribution in [0.4, 0.5) is 0 Å². The molecule has 0 amide bonds. The van der Waals surface area contributed by atoms with E-state index in [-0.39, 0.29) is 11.1 Å². The highest BCUT2D eigenvalue weighted by molar-refractivity contribution is 8.17. The van der Waals surface area contributed by atoms with E-state index in [0.717, 1.165) is 17.1 Å². The van der Waals surface area contributed by atoms with E-state index in [1.807, 2.05) is 6.92 Å². The minimum Gasteiger partial charge on any atom is -0.207 e. The van der Waals surface area contributed by atoms with Crippen LogP contribution >= 0.6 is 23.5 Å². The summed E-state index contributed by atoms with van der Waals surface area (Å²) in [5.74, 6) is 4.37. The molecule has 0 atom stereocenters. The Balaban J connectivity index is 3.02. The van der Waals surface area contributed by atoms with Crippen LogP contribution in [0.1, 0.15) is 19.4 Å². The van der Waals surface area contributed by atoms with Gasteiger partial charge in [-0.3, -0.25) is 0 Å². The average molecular weight is 358 g/mol. The molecule has 0 spiro atoms. The van der Waals surface area contributed by atoms with Crippen LogP contribution in [0, 0.1) is 19.3 Å². The predicted molar refractivity (Wildman–Crippen MR) is 98.8 cm³/mol. The van der Waals surface area contributed by atoms with Crippen molar-refractivity contribution in [3.8, 4) is 12.3 Å². The minimum absolute atomic E-state index is 0.0985. The molecule has 6 heteroatoms. The van der Waals surface area contributed by atoms with Gasteiger partial charge in [-0.05, 0) is 30.6 Å². The first kappa shape index (κ1) is 19.4. The van der Waals surface area contributed by atoms with Gasteiger partial charge in [0.15, 0.2) is 0 Å². The quantitative estimate of drug-likeness (QED) is 0.501. The van der Waals surface area contributed by atoms with Gasteiger partial charge < -0.3 is 0 Å². The van der Waals surface area contributed by atoms with Crippen LogP contribution in [0.15, 0.2) is 29.2 Å². The summed E-state index contributed by atoms with van der Waals surface area (Å²) >= 11 is 3.51. The summed E-state index contributed by atoms with van der Waals surface area (Å²) in [6.07, 6.45) is 5.38. The number of terminal acetylenes is 1. The fourth-order valence-electron chi connectivity index (χ4n) is 1.90. The highest BCUT2D eigenvalue weighted by Gasteiger charge is 2.26. The third-order valence-corrected chi connectivity index (χ3v) is 7.33. The number of benzene rings is 1. The molecule has 0 saturated heterocycles. The van der Waals surface area contributed by atoms with Gasteiger partial charge in [0, 0.05) is 6.54 Å². The molecule has 0 N–H and O–H groups in total. The highest BCUT2D eigenvalue weighted by Crippen LogP contribution is 2.26. The van der Waals surface area contributed by atoms with Crippen LogP contribution in [0.5, 0.6) is 0 Å². The summed E-state index contributed by atoms with van der Waals surface area (Å²) in [6.45, 7) is 6.61. The van der Waals surface area contributed by atoms with E-state index in [0.29, 0.717) is 11.4 Å². The molecule has 0 heterocycles. The van der Waals surface area contributed by atoms with Gasteiger partial charge in [0.2, 0.25) is 10.0 Å². The van der Waals surface area contributed by atoms with Crippen molar-refractivity contribution in [2.75, 3.05) is 24.6 Å². The Hall–Kier alpha value is -0.610. The topological polar surface area (TPSA) is 37.4 Å². The zero-order valence-corrected chi connectivity index (χ0v) is 15.7. The summed E-state index contributed by atoms with van der Waals surface area (Å²) in [6, 6.07) is 6.90. The molecule has 0 aliphatic heterocycles. The Kier molecular flexibility index (Phi) is 8.40. The third-order valence-electron chi connectivity index (χ3n) is 2.98. The zero-order chi connectivity index (χ0) is 16.6. The molecule has 0 aliphatic carbocycles. The maximum atomic E-state index is 12.8. The summed E-state index contributed by atoms with van der Waals surface area (Å²) in [4.78, 5) is 0.301. The molecule has 0 unspecified atom stereocenters. The normalized spacial score (nSPS) is 11.8. The Bertz CT molecular complexity index is 585. The van der Waals surface area contributed by atoms with Crippen LogP contribution in [0.3, 0.4) is 0 Å². The number of nitrogens with zero attached hydrogens (tertiary/aromatic N) is 1. The molecule has 1 aromatic rings. The minimum atomic E-state index is -3.55. The van der Waals surface area contributed by atoms with Crippen molar-refractivity contribution < 1.29 is 8.42 Å². The lowest BCUT2D eigenvalue weighted by molar-refractivity contribution is 0.462. The maximum Gasteiger partial charge on any atom is 0.244 e. The molecule has 0 fully saturated rings. The van der Waals surface area contributed by atoms with E-state index in [1.54, 1.807) is 47.8 Å². The van der Waals surface area contributed by atoms with Crippen molar-refractivity contribution in [1.82, 2.24) is 4.31 Å². The summed E-state index contributed by atoms with van der Waals surface area (Å²) in [7, 11) is -3.55. The van der Waals surface area contributed by atoms with Crippen molar-refractivity contribution >= 4 is 33.5 Å². The Morgan fingerprint density at radius 3 is 2.18 bits per heavy atom. The SMILES string of the molecule is C#CCN(CC(SCC)SCC)S(=O)(=O)c1ccc(C)cc1. The second-order valence-electron chi connectivity index (χ2n) is 4.65. The number of hydrogen-bond donors (Lipinski definition) is 0. The largest absolute Gasteiger partial charge is 0.244 e. The molecule has 1 aromatic carbocycles. The average Bonchev–Trinajstić information content (AvgIpc) is 2.47. The molecule has 0 aliphatic rings. The smallest absolute Gasteiger partial charge is 0.207 e. The van der Waals surface area contributed by atoms with E-state index in [4.69, 9.17) is 6.42 Å². The van der Waals surface area contributed by atoms with Gasteiger partial charge in [-0.25, -0.2) is 8.42 Å². The Morgan fingerprint density at radius 1 is 1.18 bits per heavy atom. The van der Waals surface area contributed by atoms with Gasteiger partial charge in [0.05, 0.1) is 16.0 Å². The number of rotatable bonds is 9. The molecule has 22 heavy (non-hydrogen) atoms. The van der Waals surface area contributed by atoms with Crippen molar-refractivity contribution in [2.45, 2.75) is 30.2 Å². The standard InChI is InChI=1S/C16H23NO2S3/c1-5-12-17(13-16(20-6-2)21-7-3)22(18,19)15-10-8-14(4)9-11-15/h1,8-11,16H,6-7,12-13H2,2-4H3. The van der Waals surface area contributed by atoms with E-state index in [9.17, 15) is 8.42 Å². The van der Waals surface area contributed by atoms with Crippen LogP contribution in [-0.2, 0) is 10.0 Å². The third kappa shape index (κ3) is 5.54. The van der Waals surface area contributed by atoms with Gasteiger partial charge in [-0.15, -0.1) is 29.9 Å². The van der Waals surface area contributed by atoms with Gasteiger partial charge in [0.1, 0.15) is 0 Å². The highest BCUT2D eigenvalue weighted by atomic mass is 32.2. The summed E-state index contributed by atoms with van der Waals surface area (Å²) in [5.41, 5.74) is 1.03. The molecule has 122 valence electrons. The Labute approximate surface area is 143 Å². The van der Waals surface area contributed by atoms with Gasteiger partial charge in [-0.2, -0.15) is 4.31 Å². The number of aryl methyl sites for hydroxylation is 1. The van der Waals surface area contributed by atoms with Crippen LogP contribution in [-0.4, -0.2) is 41.9 Å². The van der Waals surface area contributed by atoms with E-state index < -0.39 is 10.0 Å². The lowest BCUT2D eigenvalue weighted by Crippen LogP contribution is -2.36. The molecule has 1 rings (SSSR count). The van der Waals surface area contributed by atoms with Crippen molar-refractivity contribution in [1.29, 1.82) is 0 Å². The van der Waals surface area contributed by atoms with E-state index in [2.05, 4.69) is 19.8 Å². The first-order valence-corrected chi connectivity index (χ1v) is 10.7. The molecule has 0 radical (unpaired) electrons. The molecular weight excluding hydrogens is 334 g/mol. The predicted octanol–water partition coefficient (Wildman–Crippen LogP) is 3.45. The molecule has 0 bridgehead atoms. The van der Waals surface area contributed by atoms with Crippen LogP contribution < -0.4 is 0 Å². The number of thioether (sulfide) groups is 2. The molecule has 3 nitrogen and oxygen atoms in total. The van der Waals surface area contributed by atoms with Crippen molar-refractivity contribution in [2.24, 2.45) is 0 Å². The zero-order valence-electron chi connectivity index (χ0n) is 13.3. The lowest BCUT2D eigenvalue weighted by Gasteiger charge is -2.24. The maximum absolute atomic E-state index is 12.8. The molecule has 0 saturated carbocycles. The van der Waals surface area contributed by atoms with E-state index in [1.165, 1.54) is 4.31 Å². The van der Waals surface area contributed by atoms with Gasteiger partial charge in [-0.1, -0.05) is 37.5 Å². The van der Waals surface area contributed by atoms with Crippen LogP contribution in [0.25, 0.3) is 0 Å². The fraction of sp³-hybridized carbons (Fsp3) is 0.500. The van der Waals surface area contributed by atoms with Crippen molar-refractivity contribution in [3.63, 3.8) is 0 Å². The van der Waals surface area contributed by atoms with Crippen LogP contribution in [0.2, 0.25) is 0 Å². The van der Waals surface area contributed by atoms with Crippen molar-refractivity contribution in [3.05, 3.63) is 29.8 Å². The first-order valence-electron chi connectivity index (χ1n) is 7.19. The molecular formula is C16H23NO2S3. The second-order valence-corrected chi connectivity index (χ2v) is 9.85. The first-order chi connectivity index (χ1) is 10.5. The summed E-state index contributed by atoms with van der Waals surface area (Å²) in [5, 5.41) is 0. The lowest BCUT2D eigenvalue weighted by atomic mass is 10.2. The van der Waals surface area contributed by atoms with Gasteiger partial charge >= 0.3 is 0 Å². The van der Waals surface area contributed by atoms with E-state index >= 15 is 0 Å².